The molecule has 0 radical (unpaired) electrons. The molecule has 0 aliphatic heterocycles. The van der Waals surface area contributed by atoms with E-state index in [4.69, 9.17) is 9.97 Å². The third-order valence-corrected chi connectivity index (χ3v) is 5.15. The number of nitrogens with zero attached hydrogens (tertiary/aromatic N) is 3. The van der Waals surface area contributed by atoms with Crippen LogP contribution in [0, 0.1) is 0 Å². The van der Waals surface area contributed by atoms with Crippen LogP contribution >= 0.6 is 0 Å². The molecular weight excluding hydrogens is 346 g/mol. The predicted octanol–water partition coefficient (Wildman–Crippen LogP) is 4.94. The lowest BCUT2D eigenvalue weighted by Gasteiger charge is -2.23. The third kappa shape index (κ3) is 5.06. The van der Waals surface area contributed by atoms with E-state index in [0.717, 1.165) is 30.2 Å². The van der Waals surface area contributed by atoms with Crippen molar-refractivity contribution in [3.63, 3.8) is 0 Å². The molecule has 1 aliphatic carbocycles. The van der Waals surface area contributed by atoms with Gasteiger partial charge >= 0.3 is 0 Å². The summed E-state index contributed by atoms with van der Waals surface area (Å²) in [4.78, 5) is 13.9. The van der Waals surface area contributed by atoms with Crippen LogP contribution in [0.15, 0.2) is 60.8 Å². The number of hydrogen-bond acceptors (Lipinski definition) is 5. The van der Waals surface area contributed by atoms with Gasteiger partial charge in [0.25, 0.3) is 0 Å². The van der Waals surface area contributed by atoms with E-state index in [1.165, 1.54) is 37.7 Å². The second-order valence-electron chi connectivity index (χ2n) is 7.32. The number of anilines is 2. The molecule has 5 nitrogen and oxygen atoms in total. The molecule has 0 atom stereocenters. The van der Waals surface area contributed by atoms with Crippen molar-refractivity contribution >= 4 is 11.8 Å². The summed E-state index contributed by atoms with van der Waals surface area (Å²) in [5.41, 5.74) is 3.02. The second kappa shape index (κ2) is 9.31. The van der Waals surface area contributed by atoms with Crippen LogP contribution < -0.4 is 10.6 Å². The highest BCUT2D eigenvalue weighted by molar-refractivity contribution is 5.61. The van der Waals surface area contributed by atoms with Crippen LogP contribution in [0.5, 0.6) is 0 Å². The molecule has 1 aliphatic rings. The van der Waals surface area contributed by atoms with Crippen LogP contribution in [0.1, 0.15) is 37.7 Å². The highest BCUT2D eigenvalue weighted by atomic mass is 15.2. The average molecular weight is 374 g/mol. The molecule has 0 spiro atoms. The molecule has 0 saturated heterocycles. The quantitative estimate of drug-likeness (QED) is 0.614. The molecule has 2 aromatic heterocycles. The minimum absolute atomic E-state index is 0.463. The zero-order valence-corrected chi connectivity index (χ0v) is 16.1. The Balaban J connectivity index is 1.51. The van der Waals surface area contributed by atoms with Gasteiger partial charge in [0.05, 0.1) is 11.4 Å². The van der Waals surface area contributed by atoms with Gasteiger partial charge < -0.3 is 10.6 Å². The Hall–Kier alpha value is -2.95. The summed E-state index contributed by atoms with van der Waals surface area (Å²) in [5, 5.41) is 7.01. The number of hydrogen-bond donors (Lipinski definition) is 2. The van der Waals surface area contributed by atoms with E-state index in [1.54, 1.807) is 6.20 Å². The van der Waals surface area contributed by atoms with Crippen molar-refractivity contribution in [1.82, 2.24) is 15.0 Å². The van der Waals surface area contributed by atoms with Gasteiger partial charge in [0.1, 0.15) is 5.82 Å². The number of rotatable bonds is 7. The molecule has 5 heteroatoms. The maximum atomic E-state index is 4.74. The number of pyridine rings is 1. The van der Waals surface area contributed by atoms with Crippen LogP contribution in [-0.2, 0) is 6.42 Å². The van der Waals surface area contributed by atoms with E-state index in [9.17, 15) is 0 Å². The van der Waals surface area contributed by atoms with Crippen LogP contribution in [0.4, 0.5) is 11.8 Å². The zero-order chi connectivity index (χ0) is 19.0. The van der Waals surface area contributed by atoms with Gasteiger partial charge in [0.15, 0.2) is 0 Å². The van der Waals surface area contributed by atoms with Crippen molar-refractivity contribution in [2.24, 2.45) is 0 Å². The Labute approximate surface area is 166 Å². The summed E-state index contributed by atoms with van der Waals surface area (Å²) in [6, 6.07) is 18.8. The maximum Gasteiger partial charge on any atom is 0.225 e. The van der Waals surface area contributed by atoms with Gasteiger partial charge in [-0.2, -0.15) is 4.98 Å². The van der Waals surface area contributed by atoms with Crippen molar-refractivity contribution in [3.8, 4) is 11.4 Å². The van der Waals surface area contributed by atoms with Crippen LogP contribution in [-0.4, -0.2) is 27.5 Å². The number of nitrogens with one attached hydrogen (secondary N) is 2. The van der Waals surface area contributed by atoms with E-state index in [-0.39, 0.29) is 0 Å². The fraction of sp³-hybridized carbons (Fsp3) is 0.348. The minimum Gasteiger partial charge on any atom is -0.370 e. The Kier molecular flexibility index (Phi) is 6.12. The fourth-order valence-electron chi connectivity index (χ4n) is 3.66. The molecule has 4 rings (SSSR count). The molecule has 3 aromatic rings. The summed E-state index contributed by atoms with van der Waals surface area (Å²) >= 11 is 0. The van der Waals surface area contributed by atoms with Crippen molar-refractivity contribution in [3.05, 3.63) is 66.4 Å². The molecule has 28 heavy (non-hydrogen) atoms. The summed E-state index contributed by atoms with van der Waals surface area (Å²) in [5.74, 6) is 1.53. The number of benzene rings is 1. The van der Waals surface area contributed by atoms with E-state index in [2.05, 4.69) is 39.9 Å². The Bertz CT molecular complexity index is 861. The van der Waals surface area contributed by atoms with Gasteiger partial charge in [-0.3, -0.25) is 4.98 Å². The minimum atomic E-state index is 0.463. The molecule has 2 N–H and O–H groups in total. The lowest BCUT2D eigenvalue weighted by atomic mass is 9.96. The summed E-state index contributed by atoms with van der Waals surface area (Å²) in [6.45, 7) is 0.825. The maximum absolute atomic E-state index is 4.74. The van der Waals surface area contributed by atoms with E-state index >= 15 is 0 Å². The molecular formula is C23H27N5. The molecule has 0 bridgehead atoms. The van der Waals surface area contributed by atoms with E-state index in [1.807, 2.05) is 30.3 Å². The van der Waals surface area contributed by atoms with Crippen molar-refractivity contribution in [2.75, 3.05) is 17.2 Å². The van der Waals surface area contributed by atoms with Gasteiger partial charge in [-0.1, -0.05) is 55.7 Å². The Morgan fingerprint density at radius 2 is 1.68 bits per heavy atom. The van der Waals surface area contributed by atoms with Gasteiger partial charge in [-0.15, -0.1) is 0 Å². The monoisotopic (exact) mass is 373 g/mol. The van der Waals surface area contributed by atoms with E-state index in [0.29, 0.717) is 12.0 Å². The van der Waals surface area contributed by atoms with Crippen LogP contribution in [0.25, 0.3) is 11.4 Å². The Morgan fingerprint density at radius 1 is 0.857 bits per heavy atom. The summed E-state index contributed by atoms with van der Waals surface area (Å²) in [7, 11) is 0. The van der Waals surface area contributed by atoms with Gasteiger partial charge in [-0.25, -0.2) is 4.98 Å². The van der Waals surface area contributed by atoms with Crippen molar-refractivity contribution in [1.29, 1.82) is 0 Å². The highest BCUT2D eigenvalue weighted by Gasteiger charge is 2.15. The lowest BCUT2D eigenvalue weighted by Crippen LogP contribution is -2.24. The largest absolute Gasteiger partial charge is 0.370 e. The third-order valence-electron chi connectivity index (χ3n) is 5.15. The average Bonchev–Trinajstić information content (AvgIpc) is 2.76. The smallest absolute Gasteiger partial charge is 0.225 e. The molecule has 0 amide bonds. The first-order chi connectivity index (χ1) is 13.9. The normalized spacial score (nSPS) is 14.6. The summed E-state index contributed by atoms with van der Waals surface area (Å²) in [6.07, 6.45) is 9.02. The molecule has 1 saturated carbocycles. The molecule has 2 heterocycles. The molecule has 1 fully saturated rings. The first-order valence-electron chi connectivity index (χ1n) is 10.2. The molecule has 144 valence electrons. The van der Waals surface area contributed by atoms with Gasteiger partial charge in [0, 0.05) is 24.8 Å². The topological polar surface area (TPSA) is 62.7 Å². The van der Waals surface area contributed by atoms with E-state index < -0.39 is 0 Å². The highest BCUT2D eigenvalue weighted by Crippen LogP contribution is 2.23. The standard InChI is InChI=1S/C23H27N5/c1-3-9-18(10-4-1)14-16-25-22-17-21(20-13-7-8-15-24-20)27-23(28-22)26-19-11-5-2-6-12-19/h1,3-4,7-10,13,15,17,19H,2,5-6,11-12,14,16H2,(H2,25,26,27,28). The molecule has 1 aromatic carbocycles. The van der Waals surface area contributed by atoms with Crippen LogP contribution in [0.3, 0.4) is 0 Å². The molecule has 0 unspecified atom stereocenters. The van der Waals surface area contributed by atoms with Gasteiger partial charge in [0.2, 0.25) is 5.95 Å². The van der Waals surface area contributed by atoms with Crippen molar-refractivity contribution < 1.29 is 0 Å². The van der Waals surface area contributed by atoms with Gasteiger partial charge in [-0.05, 0) is 37.0 Å². The number of aromatic nitrogens is 3. The fourth-order valence-corrected chi connectivity index (χ4v) is 3.66. The summed E-state index contributed by atoms with van der Waals surface area (Å²) < 4.78 is 0. The SMILES string of the molecule is c1ccc(CCNc2cc(-c3ccccn3)nc(NC3CCCCC3)n2)cc1. The lowest BCUT2D eigenvalue weighted by molar-refractivity contribution is 0.461. The first kappa shape index (κ1) is 18.4. The van der Waals surface area contributed by atoms with Crippen molar-refractivity contribution in [2.45, 2.75) is 44.6 Å². The zero-order valence-electron chi connectivity index (χ0n) is 16.1. The Morgan fingerprint density at radius 3 is 2.46 bits per heavy atom. The predicted molar refractivity (Wildman–Crippen MR) is 114 cm³/mol. The second-order valence-corrected chi connectivity index (χ2v) is 7.32. The van der Waals surface area contributed by atoms with Crippen LogP contribution in [0.2, 0.25) is 0 Å². The first-order valence-corrected chi connectivity index (χ1v) is 10.2.